The summed E-state index contributed by atoms with van der Waals surface area (Å²) in [5.41, 5.74) is -0.646. The van der Waals surface area contributed by atoms with Crippen molar-refractivity contribution in [3.8, 4) is 0 Å². The van der Waals surface area contributed by atoms with E-state index < -0.39 is 17.2 Å². The van der Waals surface area contributed by atoms with Crippen LogP contribution in [0.5, 0.6) is 0 Å². The number of para-hydroxylation sites is 1. The van der Waals surface area contributed by atoms with Gasteiger partial charge >= 0.3 is 5.97 Å². The molecule has 1 saturated heterocycles. The molecule has 2 aliphatic rings. The first-order valence-corrected chi connectivity index (χ1v) is 9.32. The van der Waals surface area contributed by atoms with Crippen molar-refractivity contribution in [3.63, 3.8) is 0 Å². The molecule has 2 heterocycles. The highest BCUT2D eigenvalue weighted by molar-refractivity contribution is 6.11. The summed E-state index contributed by atoms with van der Waals surface area (Å²) in [4.78, 5) is 52.2. The Morgan fingerprint density at radius 2 is 1.93 bits per heavy atom. The lowest BCUT2D eigenvalue weighted by Crippen LogP contribution is -2.64. The van der Waals surface area contributed by atoms with Crippen LogP contribution in [0.15, 0.2) is 24.3 Å². The average Bonchev–Trinajstić information content (AvgIpc) is 2.92. The van der Waals surface area contributed by atoms with Crippen molar-refractivity contribution in [1.82, 2.24) is 10.2 Å². The van der Waals surface area contributed by atoms with Crippen molar-refractivity contribution in [3.05, 3.63) is 29.8 Å². The molecule has 1 unspecified atom stereocenters. The number of carboxylic acids is 1. The van der Waals surface area contributed by atoms with Gasteiger partial charge in [0, 0.05) is 18.4 Å². The summed E-state index contributed by atoms with van der Waals surface area (Å²) in [6.45, 7) is 5.08. The van der Waals surface area contributed by atoms with Gasteiger partial charge in [0.2, 0.25) is 11.8 Å². The van der Waals surface area contributed by atoms with Crippen LogP contribution in [0.25, 0.3) is 0 Å². The number of hydrogen-bond donors (Lipinski definition) is 2. The average molecular weight is 387 g/mol. The van der Waals surface area contributed by atoms with E-state index in [2.05, 4.69) is 5.32 Å². The Bertz CT molecular complexity index is 850. The van der Waals surface area contributed by atoms with Gasteiger partial charge in [-0.1, -0.05) is 12.1 Å². The fourth-order valence-electron chi connectivity index (χ4n) is 3.98. The summed E-state index contributed by atoms with van der Waals surface area (Å²) in [6.07, 6.45) is 0.956. The second-order valence-electron chi connectivity index (χ2n) is 8.18. The monoisotopic (exact) mass is 387 g/mol. The fourth-order valence-corrected chi connectivity index (χ4v) is 3.98. The number of carbonyl (C=O) groups excluding carboxylic acids is 3. The van der Waals surface area contributed by atoms with Crippen LogP contribution in [0.3, 0.4) is 0 Å². The van der Waals surface area contributed by atoms with Crippen molar-refractivity contribution >= 4 is 29.4 Å². The molecule has 2 aliphatic heterocycles. The number of fused-ring (bicyclic) bond motifs is 3. The van der Waals surface area contributed by atoms with Gasteiger partial charge in [0.1, 0.15) is 12.2 Å². The molecular formula is C20H25N3O5. The number of rotatable bonds is 6. The Morgan fingerprint density at radius 1 is 1.25 bits per heavy atom. The van der Waals surface area contributed by atoms with Gasteiger partial charge < -0.3 is 15.3 Å². The minimum Gasteiger partial charge on any atom is -0.481 e. The zero-order chi connectivity index (χ0) is 20.7. The van der Waals surface area contributed by atoms with E-state index in [0.29, 0.717) is 24.1 Å². The van der Waals surface area contributed by atoms with Crippen molar-refractivity contribution in [2.75, 3.05) is 11.4 Å². The minimum atomic E-state index is -0.933. The van der Waals surface area contributed by atoms with Crippen LogP contribution in [0.2, 0.25) is 0 Å². The van der Waals surface area contributed by atoms with Crippen LogP contribution in [-0.4, -0.2) is 51.4 Å². The molecule has 1 atom stereocenters. The van der Waals surface area contributed by atoms with Gasteiger partial charge in [-0.25, -0.2) is 0 Å². The molecule has 0 saturated carbocycles. The smallest absolute Gasteiger partial charge is 0.303 e. The molecule has 150 valence electrons. The SMILES string of the molecule is CC(C)(CCC(=O)O)NC(=O)CN1C(=O)c2ccccc2N2C(=O)CCC12C. The number of benzene rings is 1. The first kappa shape index (κ1) is 19.9. The van der Waals surface area contributed by atoms with Crippen LogP contribution in [0, 0.1) is 0 Å². The van der Waals surface area contributed by atoms with E-state index in [1.165, 1.54) is 4.90 Å². The molecule has 0 aliphatic carbocycles. The van der Waals surface area contributed by atoms with E-state index >= 15 is 0 Å². The van der Waals surface area contributed by atoms with E-state index in [1.54, 1.807) is 49.9 Å². The summed E-state index contributed by atoms with van der Waals surface area (Å²) >= 11 is 0. The first-order valence-electron chi connectivity index (χ1n) is 9.32. The lowest BCUT2D eigenvalue weighted by atomic mass is 9.97. The largest absolute Gasteiger partial charge is 0.481 e. The van der Waals surface area contributed by atoms with E-state index in [9.17, 15) is 19.2 Å². The van der Waals surface area contributed by atoms with Gasteiger partial charge in [-0.2, -0.15) is 0 Å². The maximum Gasteiger partial charge on any atom is 0.303 e. The highest BCUT2D eigenvalue weighted by Gasteiger charge is 2.53. The lowest BCUT2D eigenvalue weighted by molar-refractivity contribution is -0.138. The molecule has 0 spiro atoms. The molecular weight excluding hydrogens is 362 g/mol. The summed E-state index contributed by atoms with van der Waals surface area (Å²) in [7, 11) is 0. The fraction of sp³-hybridized carbons (Fsp3) is 0.500. The van der Waals surface area contributed by atoms with Crippen molar-refractivity contribution < 1.29 is 24.3 Å². The predicted octanol–water partition coefficient (Wildman–Crippen LogP) is 1.74. The lowest BCUT2D eigenvalue weighted by Gasteiger charge is -2.48. The third-order valence-corrected chi connectivity index (χ3v) is 5.49. The van der Waals surface area contributed by atoms with Gasteiger partial charge in [0.25, 0.3) is 5.91 Å². The molecule has 1 aromatic carbocycles. The molecule has 28 heavy (non-hydrogen) atoms. The number of carbonyl (C=O) groups is 4. The van der Waals surface area contributed by atoms with Crippen LogP contribution >= 0.6 is 0 Å². The van der Waals surface area contributed by atoms with Gasteiger partial charge in [-0.05, 0) is 45.7 Å². The van der Waals surface area contributed by atoms with E-state index in [4.69, 9.17) is 5.11 Å². The van der Waals surface area contributed by atoms with Crippen LogP contribution in [-0.2, 0) is 14.4 Å². The summed E-state index contributed by atoms with van der Waals surface area (Å²) in [6, 6.07) is 6.92. The molecule has 0 bridgehead atoms. The zero-order valence-corrected chi connectivity index (χ0v) is 16.3. The quantitative estimate of drug-likeness (QED) is 0.773. The number of nitrogens with zero attached hydrogens (tertiary/aromatic N) is 2. The number of aliphatic carboxylic acids is 1. The van der Waals surface area contributed by atoms with Crippen LogP contribution < -0.4 is 10.2 Å². The molecule has 3 amide bonds. The minimum absolute atomic E-state index is 0.0662. The summed E-state index contributed by atoms with van der Waals surface area (Å²) in [5.74, 6) is -1.68. The summed E-state index contributed by atoms with van der Waals surface area (Å²) < 4.78 is 0. The molecule has 1 fully saturated rings. The second-order valence-corrected chi connectivity index (χ2v) is 8.18. The number of nitrogens with one attached hydrogen (secondary N) is 1. The van der Waals surface area contributed by atoms with Crippen molar-refractivity contribution in [2.24, 2.45) is 0 Å². The Kier molecular flexibility index (Phi) is 4.91. The molecule has 2 N–H and O–H groups in total. The van der Waals surface area contributed by atoms with Gasteiger partial charge in [-0.15, -0.1) is 0 Å². The number of carboxylic acid groups (broad SMARTS) is 1. The maximum absolute atomic E-state index is 13.1. The number of anilines is 1. The van der Waals surface area contributed by atoms with Crippen LogP contribution in [0.4, 0.5) is 5.69 Å². The van der Waals surface area contributed by atoms with Gasteiger partial charge in [0.15, 0.2) is 0 Å². The molecule has 1 aromatic rings. The Morgan fingerprint density at radius 3 is 2.61 bits per heavy atom. The van der Waals surface area contributed by atoms with Crippen molar-refractivity contribution in [1.29, 1.82) is 0 Å². The Labute approximate surface area is 163 Å². The molecule has 8 nitrogen and oxygen atoms in total. The number of amides is 3. The second kappa shape index (κ2) is 6.92. The zero-order valence-electron chi connectivity index (χ0n) is 16.3. The third-order valence-electron chi connectivity index (χ3n) is 5.49. The third kappa shape index (κ3) is 3.46. The van der Waals surface area contributed by atoms with Crippen LogP contribution in [0.1, 0.15) is 56.8 Å². The van der Waals surface area contributed by atoms with Gasteiger partial charge in [-0.3, -0.25) is 24.1 Å². The Hall–Kier alpha value is -2.90. The normalized spacial score (nSPS) is 21.4. The molecule has 0 radical (unpaired) electrons. The standard InChI is InChI=1S/C20H25N3O5/c1-19(2,10-9-17(26)27)21-15(24)12-22-18(28)13-6-4-5-7-14(13)23-16(25)8-11-20(22,23)3/h4-7H,8-12H2,1-3H3,(H,21,24)(H,26,27). The topological polar surface area (TPSA) is 107 Å². The first-order chi connectivity index (χ1) is 13.0. The number of hydrogen-bond acceptors (Lipinski definition) is 4. The molecule has 3 rings (SSSR count). The Balaban J connectivity index is 1.84. The highest BCUT2D eigenvalue weighted by Crippen LogP contribution is 2.43. The van der Waals surface area contributed by atoms with E-state index in [-0.39, 0.29) is 37.1 Å². The van der Waals surface area contributed by atoms with E-state index in [0.717, 1.165) is 0 Å². The maximum atomic E-state index is 13.1. The van der Waals surface area contributed by atoms with Gasteiger partial charge in [0.05, 0.1) is 11.3 Å². The highest BCUT2D eigenvalue weighted by atomic mass is 16.4. The summed E-state index contributed by atoms with van der Waals surface area (Å²) in [5, 5.41) is 11.7. The van der Waals surface area contributed by atoms with Crippen molar-refractivity contribution in [2.45, 2.75) is 57.7 Å². The van der Waals surface area contributed by atoms with E-state index in [1.807, 2.05) is 0 Å². The molecule has 0 aromatic heterocycles. The predicted molar refractivity (Wildman–Crippen MR) is 102 cm³/mol. The molecule has 8 heteroatoms.